The number of nitrogens with one attached hydrogen (secondary N) is 2. The first kappa shape index (κ1) is 28.5. The van der Waals surface area contributed by atoms with Crippen molar-refractivity contribution in [3.05, 3.63) is 58.4 Å². The molecule has 1 aliphatic rings. The van der Waals surface area contributed by atoms with Crippen molar-refractivity contribution >= 4 is 51.5 Å². The number of carbonyl (C=O) groups is 3. The Bertz CT molecular complexity index is 1310. The SMILES string of the molecule is COC(=O)CCC(=O)Nc1cc(C(=O)Nc2nc(-c3ccccc3Cl)cs2)ccc1OCCN1CCOCC1. The summed E-state index contributed by atoms with van der Waals surface area (Å²) in [4.78, 5) is 43.7. The number of thiazole rings is 1. The summed E-state index contributed by atoms with van der Waals surface area (Å²) >= 11 is 7.55. The molecule has 2 amide bonds. The maximum absolute atomic E-state index is 13.0. The van der Waals surface area contributed by atoms with Gasteiger partial charge in [-0.3, -0.25) is 24.6 Å². The maximum atomic E-state index is 13.0. The van der Waals surface area contributed by atoms with Crippen LogP contribution < -0.4 is 15.4 Å². The molecule has 0 atom stereocenters. The van der Waals surface area contributed by atoms with Gasteiger partial charge < -0.3 is 19.5 Å². The first-order valence-corrected chi connectivity index (χ1v) is 13.6. The number of ether oxygens (including phenoxy) is 3. The molecule has 3 aromatic rings. The van der Waals surface area contributed by atoms with Crippen LogP contribution in [0.25, 0.3) is 11.3 Å². The minimum Gasteiger partial charge on any atom is -0.490 e. The number of amides is 2. The van der Waals surface area contributed by atoms with Crippen molar-refractivity contribution in [2.75, 3.05) is 57.2 Å². The number of benzene rings is 2. The predicted octanol–water partition coefficient (Wildman–Crippen LogP) is 4.32. The number of anilines is 2. The van der Waals surface area contributed by atoms with E-state index in [4.69, 9.17) is 21.1 Å². The summed E-state index contributed by atoms with van der Waals surface area (Å²) < 4.78 is 15.9. The number of hydrogen-bond donors (Lipinski definition) is 2. The second kappa shape index (κ2) is 14.0. The Morgan fingerprint density at radius 1 is 1.10 bits per heavy atom. The van der Waals surface area contributed by atoms with E-state index in [-0.39, 0.29) is 12.8 Å². The molecule has 0 radical (unpaired) electrons. The van der Waals surface area contributed by atoms with Gasteiger partial charge in [0, 0.05) is 47.6 Å². The third-order valence-electron chi connectivity index (χ3n) is 5.94. The molecule has 0 saturated carbocycles. The molecule has 2 N–H and O–H groups in total. The highest BCUT2D eigenvalue weighted by atomic mass is 35.5. The van der Waals surface area contributed by atoms with Crippen LogP contribution in [0, 0.1) is 0 Å². The fourth-order valence-corrected chi connectivity index (χ4v) is 4.77. The molecule has 2 heterocycles. The number of morpholine rings is 1. The molecule has 1 saturated heterocycles. The van der Waals surface area contributed by atoms with Gasteiger partial charge in [-0.1, -0.05) is 29.8 Å². The smallest absolute Gasteiger partial charge is 0.306 e. The molecule has 1 aromatic heterocycles. The zero-order valence-corrected chi connectivity index (χ0v) is 23.0. The number of esters is 1. The Morgan fingerprint density at radius 2 is 1.90 bits per heavy atom. The van der Waals surface area contributed by atoms with Crippen molar-refractivity contribution in [3.8, 4) is 17.0 Å². The molecule has 12 heteroatoms. The van der Waals surface area contributed by atoms with Crippen molar-refractivity contribution in [3.63, 3.8) is 0 Å². The molecule has 0 aliphatic carbocycles. The van der Waals surface area contributed by atoms with Gasteiger partial charge in [-0.25, -0.2) is 4.98 Å². The van der Waals surface area contributed by atoms with Gasteiger partial charge in [0.2, 0.25) is 5.91 Å². The van der Waals surface area contributed by atoms with Crippen LogP contribution in [-0.4, -0.2) is 74.2 Å². The number of halogens is 1. The maximum Gasteiger partial charge on any atom is 0.306 e. The van der Waals surface area contributed by atoms with E-state index < -0.39 is 17.8 Å². The zero-order chi connectivity index (χ0) is 27.6. The Kier molecular flexibility index (Phi) is 10.3. The van der Waals surface area contributed by atoms with Crippen LogP contribution in [0.15, 0.2) is 47.8 Å². The zero-order valence-electron chi connectivity index (χ0n) is 21.4. The summed E-state index contributed by atoms with van der Waals surface area (Å²) in [5, 5.41) is 8.34. The lowest BCUT2D eigenvalue weighted by Crippen LogP contribution is -2.38. The number of aromatic nitrogens is 1. The lowest BCUT2D eigenvalue weighted by Gasteiger charge is -2.26. The minimum atomic E-state index is -0.486. The van der Waals surface area contributed by atoms with E-state index in [0.29, 0.717) is 59.2 Å². The van der Waals surface area contributed by atoms with Crippen molar-refractivity contribution in [2.45, 2.75) is 12.8 Å². The Labute approximate surface area is 235 Å². The molecular formula is C27H29ClN4O6S. The second-order valence-corrected chi connectivity index (χ2v) is 9.87. The van der Waals surface area contributed by atoms with Crippen molar-refractivity contribution < 1.29 is 28.6 Å². The van der Waals surface area contributed by atoms with Crippen molar-refractivity contribution in [2.24, 2.45) is 0 Å². The number of nitrogens with zero attached hydrogens (tertiary/aromatic N) is 2. The molecule has 39 heavy (non-hydrogen) atoms. The van der Waals surface area contributed by atoms with Gasteiger partial charge in [-0.15, -0.1) is 11.3 Å². The fraction of sp³-hybridized carbons (Fsp3) is 0.333. The summed E-state index contributed by atoms with van der Waals surface area (Å²) in [6.07, 6.45) is -0.131. The molecule has 2 aromatic carbocycles. The highest BCUT2D eigenvalue weighted by Crippen LogP contribution is 2.31. The van der Waals surface area contributed by atoms with Gasteiger partial charge in [-0.2, -0.15) is 0 Å². The number of rotatable bonds is 11. The highest BCUT2D eigenvalue weighted by molar-refractivity contribution is 7.14. The normalized spacial score (nSPS) is 13.5. The van der Waals surface area contributed by atoms with Gasteiger partial charge in [0.1, 0.15) is 12.4 Å². The average Bonchev–Trinajstić information content (AvgIpc) is 3.41. The third-order valence-corrected chi connectivity index (χ3v) is 7.03. The lowest BCUT2D eigenvalue weighted by molar-refractivity contribution is -0.141. The van der Waals surface area contributed by atoms with E-state index in [1.807, 2.05) is 23.6 Å². The summed E-state index contributed by atoms with van der Waals surface area (Å²) in [6.45, 7) is 4.11. The molecule has 1 aliphatic heterocycles. The monoisotopic (exact) mass is 572 g/mol. The molecule has 1 fully saturated rings. The Morgan fingerprint density at radius 3 is 2.67 bits per heavy atom. The molecule has 206 valence electrons. The Hall–Kier alpha value is -3.51. The highest BCUT2D eigenvalue weighted by Gasteiger charge is 2.17. The van der Waals surface area contributed by atoms with Crippen molar-refractivity contribution in [1.29, 1.82) is 0 Å². The van der Waals surface area contributed by atoms with Gasteiger partial charge in [0.25, 0.3) is 5.91 Å². The van der Waals surface area contributed by atoms with Crippen LogP contribution in [0.1, 0.15) is 23.2 Å². The van der Waals surface area contributed by atoms with E-state index in [0.717, 1.165) is 18.7 Å². The van der Waals surface area contributed by atoms with E-state index >= 15 is 0 Å². The summed E-state index contributed by atoms with van der Waals surface area (Å²) in [7, 11) is 1.27. The topological polar surface area (TPSA) is 119 Å². The third kappa shape index (κ3) is 8.24. The largest absolute Gasteiger partial charge is 0.490 e. The number of hydrogen-bond acceptors (Lipinski definition) is 9. The Balaban J connectivity index is 1.45. The predicted molar refractivity (Wildman–Crippen MR) is 150 cm³/mol. The van der Waals surface area contributed by atoms with Gasteiger partial charge in [0.05, 0.1) is 38.1 Å². The fourth-order valence-electron chi connectivity index (χ4n) is 3.83. The first-order chi connectivity index (χ1) is 18.9. The van der Waals surface area contributed by atoms with Crippen LogP contribution in [0.3, 0.4) is 0 Å². The van der Waals surface area contributed by atoms with E-state index in [2.05, 4.69) is 25.3 Å². The second-order valence-electron chi connectivity index (χ2n) is 8.61. The minimum absolute atomic E-state index is 0.0620. The summed E-state index contributed by atoms with van der Waals surface area (Å²) in [6, 6.07) is 12.1. The quantitative estimate of drug-likeness (QED) is 0.326. The van der Waals surface area contributed by atoms with Crippen LogP contribution in [0.5, 0.6) is 5.75 Å². The van der Waals surface area contributed by atoms with Crippen LogP contribution >= 0.6 is 22.9 Å². The first-order valence-electron chi connectivity index (χ1n) is 12.4. The van der Waals surface area contributed by atoms with E-state index in [1.165, 1.54) is 24.5 Å². The van der Waals surface area contributed by atoms with Crippen molar-refractivity contribution in [1.82, 2.24) is 9.88 Å². The molecule has 10 nitrogen and oxygen atoms in total. The molecule has 0 bridgehead atoms. The van der Waals surface area contributed by atoms with Gasteiger partial charge in [0.15, 0.2) is 5.13 Å². The molecule has 4 rings (SSSR count). The summed E-state index contributed by atoms with van der Waals surface area (Å²) in [5.41, 5.74) is 2.05. The van der Waals surface area contributed by atoms with Crippen LogP contribution in [0.4, 0.5) is 10.8 Å². The van der Waals surface area contributed by atoms with Crippen LogP contribution in [-0.2, 0) is 19.1 Å². The van der Waals surface area contributed by atoms with Gasteiger partial charge >= 0.3 is 5.97 Å². The van der Waals surface area contributed by atoms with E-state index in [1.54, 1.807) is 18.2 Å². The number of methoxy groups -OCH3 is 1. The van der Waals surface area contributed by atoms with E-state index in [9.17, 15) is 14.4 Å². The van der Waals surface area contributed by atoms with Gasteiger partial charge in [-0.05, 0) is 24.3 Å². The molecular weight excluding hydrogens is 544 g/mol. The molecule has 0 spiro atoms. The average molecular weight is 573 g/mol. The van der Waals surface area contributed by atoms with Crippen LogP contribution in [0.2, 0.25) is 5.02 Å². The standard InChI is InChI=1S/C27H29ClN4O6S/c1-36-25(34)9-8-24(33)29-21-16-18(6-7-23(21)38-15-12-32-10-13-37-14-11-32)26(35)31-27-30-22(17-39-27)19-4-2-3-5-20(19)28/h2-7,16-17H,8-15H2,1H3,(H,29,33)(H,30,31,35). The molecule has 0 unspecified atom stereocenters. The lowest BCUT2D eigenvalue weighted by atomic mass is 10.1. The summed E-state index contributed by atoms with van der Waals surface area (Å²) in [5.74, 6) is -0.873. The number of carbonyl (C=O) groups excluding carboxylic acids is 3.